The van der Waals surface area contributed by atoms with Gasteiger partial charge >= 0.3 is 6.18 Å². The molecule has 1 aromatic carbocycles. The summed E-state index contributed by atoms with van der Waals surface area (Å²) in [7, 11) is 0. The highest BCUT2D eigenvalue weighted by Crippen LogP contribution is 2.38. The highest BCUT2D eigenvalue weighted by atomic mass is 79.9. The van der Waals surface area contributed by atoms with Gasteiger partial charge in [-0.3, -0.25) is 0 Å². The Hall–Kier alpha value is -0.970. The van der Waals surface area contributed by atoms with Crippen LogP contribution in [0.1, 0.15) is 5.69 Å². The van der Waals surface area contributed by atoms with Gasteiger partial charge in [-0.1, -0.05) is 18.2 Å². The van der Waals surface area contributed by atoms with E-state index in [0.717, 1.165) is 0 Å². The topological polar surface area (TPSA) is 15.8 Å². The van der Waals surface area contributed by atoms with Crippen molar-refractivity contribution in [2.24, 2.45) is 0 Å². The molecular formula is C9H5BrF3N. The van der Waals surface area contributed by atoms with E-state index in [4.69, 9.17) is 0 Å². The lowest BCUT2D eigenvalue weighted by atomic mass is 10.2. The Bertz CT molecular complexity index is 472. The molecule has 0 saturated carbocycles. The van der Waals surface area contributed by atoms with Crippen molar-refractivity contribution in [1.29, 1.82) is 0 Å². The van der Waals surface area contributed by atoms with Gasteiger partial charge in [0, 0.05) is 10.9 Å². The summed E-state index contributed by atoms with van der Waals surface area (Å²) in [6.07, 6.45) is -4.35. The molecule has 2 aromatic rings. The molecule has 0 unspecified atom stereocenters. The van der Waals surface area contributed by atoms with Gasteiger partial charge < -0.3 is 4.98 Å². The molecule has 0 aliphatic rings. The molecule has 1 N–H and O–H groups in total. The lowest BCUT2D eigenvalue weighted by molar-refractivity contribution is -0.141. The number of hydrogen-bond donors (Lipinski definition) is 1. The maximum absolute atomic E-state index is 12.4. The van der Waals surface area contributed by atoms with Gasteiger partial charge in [-0.15, -0.1) is 0 Å². The molecule has 0 fully saturated rings. The molecule has 0 spiro atoms. The summed E-state index contributed by atoms with van der Waals surface area (Å²) < 4.78 is 37.3. The van der Waals surface area contributed by atoms with E-state index in [1.807, 2.05) is 0 Å². The first-order valence-electron chi connectivity index (χ1n) is 3.83. The zero-order valence-electron chi connectivity index (χ0n) is 6.82. The third-order valence-electron chi connectivity index (χ3n) is 1.93. The van der Waals surface area contributed by atoms with Crippen LogP contribution in [0.4, 0.5) is 13.2 Å². The smallest absolute Gasteiger partial charge is 0.350 e. The molecule has 2 rings (SSSR count). The number of nitrogens with one attached hydrogen (secondary N) is 1. The number of fused-ring (bicyclic) bond motifs is 1. The van der Waals surface area contributed by atoms with Crippen LogP contribution in [0.15, 0.2) is 28.7 Å². The van der Waals surface area contributed by atoms with Crippen LogP contribution in [0.3, 0.4) is 0 Å². The van der Waals surface area contributed by atoms with Gasteiger partial charge in [0.15, 0.2) is 0 Å². The Kier molecular flexibility index (Phi) is 2.06. The average Bonchev–Trinajstić information content (AvgIpc) is 2.44. The highest BCUT2D eigenvalue weighted by molar-refractivity contribution is 9.10. The molecule has 0 aliphatic carbocycles. The van der Waals surface area contributed by atoms with Gasteiger partial charge in [-0.05, 0) is 22.0 Å². The fourth-order valence-corrected chi connectivity index (χ4v) is 1.97. The molecule has 5 heteroatoms. The van der Waals surface area contributed by atoms with Crippen molar-refractivity contribution in [2.75, 3.05) is 0 Å². The molecule has 1 heterocycles. The molecule has 0 aliphatic heterocycles. The Morgan fingerprint density at radius 2 is 1.79 bits per heavy atom. The Morgan fingerprint density at radius 3 is 2.36 bits per heavy atom. The Labute approximate surface area is 86.1 Å². The van der Waals surface area contributed by atoms with E-state index in [9.17, 15) is 13.2 Å². The second-order valence-corrected chi connectivity index (χ2v) is 3.65. The molecule has 1 aromatic heterocycles. The second kappa shape index (κ2) is 3.02. The zero-order valence-corrected chi connectivity index (χ0v) is 8.41. The maximum Gasteiger partial charge on any atom is 0.432 e. The fraction of sp³-hybridized carbons (Fsp3) is 0.111. The summed E-state index contributed by atoms with van der Waals surface area (Å²) in [4.78, 5) is 2.33. The van der Waals surface area contributed by atoms with E-state index >= 15 is 0 Å². The highest BCUT2D eigenvalue weighted by Gasteiger charge is 2.35. The van der Waals surface area contributed by atoms with Crippen molar-refractivity contribution in [3.63, 3.8) is 0 Å². The molecule has 0 amide bonds. The first-order chi connectivity index (χ1) is 6.50. The van der Waals surface area contributed by atoms with Crippen molar-refractivity contribution in [3.05, 3.63) is 34.4 Å². The largest absolute Gasteiger partial charge is 0.432 e. The van der Waals surface area contributed by atoms with Crippen LogP contribution in [0.25, 0.3) is 10.9 Å². The lowest BCUT2D eigenvalue weighted by Gasteiger charge is -2.03. The van der Waals surface area contributed by atoms with E-state index in [1.54, 1.807) is 24.3 Å². The first kappa shape index (κ1) is 9.58. The minimum absolute atomic E-state index is 0.0700. The van der Waals surface area contributed by atoms with Crippen molar-refractivity contribution in [1.82, 2.24) is 4.98 Å². The summed E-state index contributed by atoms with van der Waals surface area (Å²) in [6, 6.07) is 6.62. The Morgan fingerprint density at radius 1 is 1.14 bits per heavy atom. The molecule has 74 valence electrons. The van der Waals surface area contributed by atoms with Crippen LogP contribution in [0.5, 0.6) is 0 Å². The summed E-state index contributed by atoms with van der Waals surface area (Å²) in [5, 5.41) is 0.542. The number of halogens is 4. The number of hydrogen-bond acceptors (Lipinski definition) is 0. The number of benzene rings is 1. The van der Waals surface area contributed by atoms with Crippen molar-refractivity contribution < 1.29 is 13.2 Å². The molecule has 0 bridgehead atoms. The monoisotopic (exact) mass is 263 g/mol. The van der Waals surface area contributed by atoms with Crippen molar-refractivity contribution >= 4 is 26.8 Å². The van der Waals surface area contributed by atoms with Crippen molar-refractivity contribution in [2.45, 2.75) is 6.18 Å². The van der Waals surface area contributed by atoms with Gasteiger partial charge in [0.1, 0.15) is 5.69 Å². The van der Waals surface area contributed by atoms with Crippen LogP contribution in [-0.4, -0.2) is 4.98 Å². The standard InChI is InChI=1S/C9H5BrF3N/c10-7-5-3-1-2-4-6(5)14-8(7)9(11,12)13/h1-4,14H. The van der Waals surface area contributed by atoms with Crippen LogP contribution in [-0.2, 0) is 6.18 Å². The van der Waals surface area contributed by atoms with Crippen LogP contribution in [0.2, 0.25) is 0 Å². The normalized spacial score (nSPS) is 12.3. The number of rotatable bonds is 0. The van der Waals surface area contributed by atoms with E-state index < -0.39 is 11.9 Å². The minimum Gasteiger partial charge on any atom is -0.350 e. The summed E-state index contributed by atoms with van der Waals surface area (Å²) >= 11 is 2.94. The van der Waals surface area contributed by atoms with E-state index in [0.29, 0.717) is 10.9 Å². The quantitative estimate of drug-likeness (QED) is 0.741. The summed E-state index contributed by atoms with van der Waals surface area (Å²) in [5.74, 6) is 0. The molecular weight excluding hydrogens is 259 g/mol. The van der Waals surface area contributed by atoms with Crippen molar-refractivity contribution in [3.8, 4) is 0 Å². The molecule has 0 atom stereocenters. The second-order valence-electron chi connectivity index (χ2n) is 2.86. The first-order valence-corrected chi connectivity index (χ1v) is 4.63. The van der Waals surface area contributed by atoms with Crippen LogP contribution < -0.4 is 0 Å². The number of aromatic nitrogens is 1. The van der Waals surface area contributed by atoms with E-state index in [1.165, 1.54) is 0 Å². The van der Waals surface area contributed by atoms with Gasteiger partial charge in [0.05, 0.1) is 4.47 Å². The summed E-state index contributed by atoms with van der Waals surface area (Å²) in [5.41, 5.74) is -0.259. The van der Waals surface area contributed by atoms with Crippen LogP contribution in [0, 0.1) is 0 Å². The van der Waals surface area contributed by atoms with Gasteiger partial charge in [-0.2, -0.15) is 13.2 Å². The van der Waals surface area contributed by atoms with Gasteiger partial charge in [0.2, 0.25) is 0 Å². The maximum atomic E-state index is 12.4. The van der Waals surface area contributed by atoms with Gasteiger partial charge in [-0.25, -0.2) is 0 Å². The minimum atomic E-state index is -4.35. The predicted octanol–water partition coefficient (Wildman–Crippen LogP) is 3.95. The third kappa shape index (κ3) is 1.41. The average molecular weight is 264 g/mol. The number of H-pyrrole nitrogens is 1. The predicted molar refractivity (Wildman–Crippen MR) is 51.0 cm³/mol. The lowest BCUT2D eigenvalue weighted by Crippen LogP contribution is -2.05. The Balaban J connectivity index is 2.75. The number of aromatic amines is 1. The molecule has 0 saturated heterocycles. The fourth-order valence-electron chi connectivity index (χ4n) is 1.30. The number of alkyl halides is 3. The molecule has 14 heavy (non-hydrogen) atoms. The van der Waals surface area contributed by atoms with E-state index in [2.05, 4.69) is 20.9 Å². The van der Waals surface area contributed by atoms with Gasteiger partial charge in [0.25, 0.3) is 0 Å². The summed E-state index contributed by atoms with van der Waals surface area (Å²) in [6.45, 7) is 0. The molecule has 0 radical (unpaired) electrons. The van der Waals surface area contributed by atoms with E-state index in [-0.39, 0.29) is 4.47 Å². The number of para-hydroxylation sites is 1. The zero-order chi connectivity index (χ0) is 10.3. The molecule has 1 nitrogen and oxygen atoms in total. The van der Waals surface area contributed by atoms with Crippen LogP contribution >= 0.6 is 15.9 Å². The SMILES string of the molecule is FC(F)(F)c1[nH]c2ccccc2c1Br. The third-order valence-corrected chi connectivity index (χ3v) is 2.75.